The normalized spacial score (nSPS) is 17.2. The zero-order valence-electron chi connectivity index (χ0n) is 69.7. The number of carbonyl (C=O) groups excluding carboxylic acids is 2. The van der Waals surface area contributed by atoms with Crippen molar-refractivity contribution >= 4 is 115 Å². The summed E-state index contributed by atoms with van der Waals surface area (Å²) in [5.74, 6) is 0.867. The topological polar surface area (TPSA) is 77.5 Å². The Hall–Kier alpha value is -3.41. The molecule has 0 aromatic carbocycles. The zero-order valence-corrected chi connectivity index (χ0v) is 74.6. The van der Waals surface area contributed by atoms with Crippen LogP contribution < -0.4 is 9.55 Å². The Balaban J connectivity index is 0.000000493. The smallest absolute Gasteiger partial charge is 0.399 e. The first-order chi connectivity index (χ1) is 52.1. The van der Waals surface area contributed by atoms with E-state index in [1.807, 2.05) is 46.1 Å². The van der Waals surface area contributed by atoms with Gasteiger partial charge in [0.25, 0.3) is 11.8 Å². The molecule has 8 nitrogen and oxygen atoms in total. The summed E-state index contributed by atoms with van der Waals surface area (Å²) in [7, 11) is -0.664. The van der Waals surface area contributed by atoms with Crippen molar-refractivity contribution in [1.29, 1.82) is 0 Å². The Morgan fingerprint density at radius 2 is 0.519 bits per heavy atom. The van der Waals surface area contributed by atoms with Crippen LogP contribution >= 0.6 is 68.0 Å². The number of hydrogen-bond donors (Lipinski definition) is 0. The minimum atomic E-state index is -0.332. The molecule has 0 bridgehead atoms. The summed E-state index contributed by atoms with van der Waals surface area (Å²) in [5.41, 5.74) is 1.81. The van der Waals surface area contributed by atoms with Gasteiger partial charge >= 0.3 is 14.2 Å². The molecule has 2 amide bonds. The van der Waals surface area contributed by atoms with E-state index in [0.717, 1.165) is 56.4 Å². The monoisotopic (exact) mass is 1580 g/mol. The number of carbonyl (C=O) groups is 2. The first kappa shape index (κ1) is 88.5. The minimum absolute atomic E-state index is 0.0532. The molecule has 10 heterocycles. The molecule has 10 rings (SSSR count). The van der Waals surface area contributed by atoms with Crippen molar-refractivity contribution in [2.45, 2.75) is 376 Å². The van der Waals surface area contributed by atoms with Crippen LogP contribution in [0.1, 0.15) is 359 Å². The molecule has 2 atom stereocenters. The molecule has 0 N–H and O–H groups in total. The minimum Gasteiger partial charge on any atom is -0.399 e. The van der Waals surface area contributed by atoms with Crippen LogP contribution in [0.25, 0.3) is 40.7 Å². The Labute approximate surface area is 681 Å². The predicted octanol–water partition coefficient (Wildman–Crippen LogP) is 28.7. The fraction of sp³-hybridized carbons (Fsp3) is 0.674. The maximum absolute atomic E-state index is 16.2. The summed E-state index contributed by atoms with van der Waals surface area (Å²) < 4.78 is 26.6. The maximum Gasteiger partial charge on any atom is 0.505 e. The lowest BCUT2D eigenvalue weighted by Crippen LogP contribution is -2.41. The Bertz CT molecular complexity index is 3620. The van der Waals surface area contributed by atoms with Crippen molar-refractivity contribution in [2.75, 3.05) is 13.1 Å². The van der Waals surface area contributed by atoms with E-state index in [9.17, 15) is 0 Å². The largest absolute Gasteiger partial charge is 0.505 e. The van der Waals surface area contributed by atoms with E-state index < -0.39 is 0 Å². The molecule has 6 aromatic heterocycles. The molecule has 0 spiro atoms. The van der Waals surface area contributed by atoms with Crippen molar-refractivity contribution in [1.82, 2.24) is 9.80 Å². The molecular weight excluding hydrogens is 1440 g/mol. The quantitative estimate of drug-likeness (QED) is 0.0280. The lowest BCUT2D eigenvalue weighted by atomic mass is 9.86. The van der Waals surface area contributed by atoms with Gasteiger partial charge in [-0.25, -0.2) is 0 Å². The molecule has 6 aromatic rings. The van der Waals surface area contributed by atoms with Gasteiger partial charge in [0, 0.05) is 61.7 Å². The van der Waals surface area contributed by atoms with Crippen LogP contribution in [0, 0.1) is 25.7 Å². The van der Waals surface area contributed by atoms with Crippen LogP contribution in [0.4, 0.5) is 0 Å². The lowest BCUT2D eigenvalue weighted by molar-refractivity contribution is -0.124. The average Bonchev–Trinajstić information content (AvgIpc) is 1.55. The first-order valence-corrected chi connectivity index (χ1v) is 48.4. The molecule has 16 heteroatoms. The summed E-state index contributed by atoms with van der Waals surface area (Å²) in [4.78, 5) is 49.0. The molecule has 2 fully saturated rings. The van der Waals surface area contributed by atoms with Crippen molar-refractivity contribution in [3.8, 4) is 29.3 Å². The Morgan fingerprint density at radius 1 is 0.296 bits per heavy atom. The van der Waals surface area contributed by atoms with E-state index in [1.54, 1.807) is 34.0 Å². The van der Waals surface area contributed by atoms with Gasteiger partial charge in [0.1, 0.15) is 0 Å². The molecular formula is C92H140B2N2O6S6. The van der Waals surface area contributed by atoms with Crippen LogP contribution in [-0.2, 0) is 28.2 Å². The molecule has 4 aliphatic rings. The standard InChI is InChI=1S/C76H114N2O2S5.C16H26B2O4S/c1-7-11-15-19-23-27-29-33-37-41-45-61(43-39-35-31-25-21-17-13-9-3)57-77-73(69-55-53-66(84-69)64-50-48-60(6)82-64)71-72(76(77)80)74(70-56-54-68(85-70)67-52-51-65(83-67)63-49-47-59(5)81-63)78(75(71)79)58-62(44-40-36-32-26-22-18-14-10-4)46-42-38-34-30-28-24-20-16-12-8-2;1-13(2)14(3,4)20-17(19-13)11-9-10-12(23-11)18-21-15(5,6)16(7,8)22-18/h47-56,61-62H,7-46,57-58H2,1-6H3;9-10H,1-8H3. The molecule has 2 saturated heterocycles. The fourth-order valence-electron chi connectivity index (χ4n) is 15.9. The van der Waals surface area contributed by atoms with Gasteiger partial charge in [0.05, 0.1) is 54.7 Å². The van der Waals surface area contributed by atoms with Gasteiger partial charge in [-0.15, -0.1) is 56.7 Å². The van der Waals surface area contributed by atoms with E-state index in [4.69, 9.17) is 18.6 Å². The van der Waals surface area contributed by atoms with Gasteiger partial charge in [0.2, 0.25) is 0 Å². The van der Waals surface area contributed by atoms with Gasteiger partial charge in [-0.1, -0.05) is 271 Å². The number of hydrogen-bond acceptors (Lipinski definition) is 12. The molecule has 108 heavy (non-hydrogen) atoms. The number of aryl methyl sites for hydroxylation is 2. The SMILES string of the molecule is CC1(C)OB(c2ccc(B3OC(C)(C)C(C)(C)O3)s2)OC1(C)C.CCCCCCCCCCCCC(CCCCCCCCCC)CN1C(=O)C2=C(c3ccc(-c4ccc(-c5ccc(C)s5)s4)s3)N(CC(CCCCCCCCCC)CCCCCCCCCCCC)C(=O)C2=C1c1ccc(-c2ccc(C)s2)s1. The molecule has 4 aliphatic heterocycles. The van der Waals surface area contributed by atoms with Gasteiger partial charge in [-0.05, 0) is 167 Å². The second kappa shape index (κ2) is 44.5. The summed E-state index contributed by atoms with van der Waals surface area (Å²) in [6.07, 6.45) is 51.9. The number of nitrogens with zero attached hydrogens (tertiary/aromatic N) is 2. The maximum atomic E-state index is 16.2. The highest BCUT2D eigenvalue weighted by Gasteiger charge is 2.55. The first-order valence-electron chi connectivity index (χ1n) is 43.5. The highest BCUT2D eigenvalue weighted by Crippen LogP contribution is 2.52. The van der Waals surface area contributed by atoms with E-state index >= 15 is 9.59 Å². The zero-order chi connectivity index (χ0) is 77.1. The van der Waals surface area contributed by atoms with Gasteiger partial charge in [0.15, 0.2) is 0 Å². The Kier molecular flexibility index (Phi) is 36.5. The number of unbranched alkanes of at least 4 members (excludes halogenated alkanes) is 32. The van der Waals surface area contributed by atoms with Crippen LogP contribution in [0.15, 0.2) is 83.9 Å². The molecule has 0 saturated carbocycles. The van der Waals surface area contributed by atoms with E-state index in [2.05, 4.69) is 167 Å². The van der Waals surface area contributed by atoms with E-state index in [1.165, 1.54) is 270 Å². The number of rotatable bonds is 51. The van der Waals surface area contributed by atoms with Crippen LogP contribution in [0.5, 0.6) is 0 Å². The molecule has 0 aliphatic carbocycles. The van der Waals surface area contributed by atoms with Crippen molar-refractivity contribution in [3.63, 3.8) is 0 Å². The summed E-state index contributed by atoms with van der Waals surface area (Å²) >= 11 is 10.7. The number of thiophene rings is 6. The third-order valence-electron chi connectivity index (χ3n) is 24.0. The van der Waals surface area contributed by atoms with Crippen LogP contribution in [0.3, 0.4) is 0 Å². The highest BCUT2D eigenvalue weighted by molar-refractivity contribution is 7.30. The highest BCUT2D eigenvalue weighted by atomic mass is 32.1. The third-order valence-corrected chi connectivity index (χ3v) is 31.0. The number of fused-ring (bicyclic) bond motifs is 1. The molecule has 596 valence electrons. The second-order valence-electron chi connectivity index (χ2n) is 34.2. The second-order valence-corrected chi connectivity index (χ2v) is 41.2. The molecule has 2 unspecified atom stereocenters. The van der Waals surface area contributed by atoms with Gasteiger partial charge < -0.3 is 28.4 Å². The molecule has 0 radical (unpaired) electrons. The lowest BCUT2D eigenvalue weighted by Gasteiger charge is -2.32. The van der Waals surface area contributed by atoms with Crippen LogP contribution in [0.2, 0.25) is 0 Å². The summed E-state index contributed by atoms with van der Waals surface area (Å²) in [6, 6.07) is 26.6. The van der Waals surface area contributed by atoms with Crippen molar-refractivity contribution in [2.24, 2.45) is 11.8 Å². The summed E-state index contributed by atoms with van der Waals surface area (Å²) in [5, 5.41) is 0. The third kappa shape index (κ3) is 25.3. The van der Waals surface area contributed by atoms with Crippen molar-refractivity contribution < 1.29 is 28.2 Å². The van der Waals surface area contributed by atoms with Gasteiger partial charge in [-0.3, -0.25) is 9.59 Å². The van der Waals surface area contributed by atoms with E-state index in [-0.39, 0.29) is 48.5 Å². The van der Waals surface area contributed by atoms with Crippen LogP contribution in [-0.4, -0.2) is 71.3 Å². The fourth-order valence-corrected chi connectivity index (χ4v) is 21.9. The van der Waals surface area contributed by atoms with E-state index in [0.29, 0.717) is 36.1 Å². The summed E-state index contributed by atoms with van der Waals surface area (Å²) in [6.45, 7) is 31.5. The van der Waals surface area contributed by atoms with Crippen molar-refractivity contribution in [3.05, 3.63) is 103 Å². The number of amides is 2. The van der Waals surface area contributed by atoms with Gasteiger partial charge in [-0.2, -0.15) is 11.3 Å². The average molecular weight is 1580 g/mol. The Morgan fingerprint density at radius 3 is 0.769 bits per heavy atom. The predicted molar refractivity (Wildman–Crippen MR) is 475 cm³/mol.